The van der Waals surface area contributed by atoms with Gasteiger partial charge in [0, 0.05) is 17.1 Å². The van der Waals surface area contributed by atoms with E-state index in [9.17, 15) is 4.39 Å². The summed E-state index contributed by atoms with van der Waals surface area (Å²) >= 11 is 5.94. The fourth-order valence-electron chi connectivity index (χ4n) is 2.87. The van der Waals surface area contributed by atoms with Crippen LogP contribution in [0.15, 0.2) is 66.7 Å². The minimum atomic E-state index is -0.212. The van der Waals surface area contributed by atoms with Gasteiger partial charge in [-0.2, -0.15) is 0 Å². The van der Waals surface area contributed by atoms with Gasteiger partial charge in [-0.15, -0.1) is 12.4 Å². The van der Waals surface area contributed by atoms with Gasteiger partial charge in [-0.05, 0) is 54.4 Å². The van der Waals surface area contributed by atoms with Gasteiger partial charge in [0.25, 0.3) is 0 Å². The van der Waals surface area contributed by atoms with Gasteiger partial charge < -0.3 is 14.8 Å². The predicted octanol–water partition coefficient (Wildman–Crippen LogP) is 5.82. The molecule has 3 rings (SSSR count). The zero-order valence-corrected chi connectivity index (χ0v) is 17.7. The van der Waals surface area contributed by atoms with E-state index in [1.807, 2.05) is 54.6 Å². The Balaban J connectivity index is 0.00000300. The molecule has 0 aliphatic carbocycles. The molecule has 3 aromatic rings. The van der Waals surface area contributed by atoms with Crippen molar-refractivity contribution in [1.29, 1.82) is 0 Å². The van der Waals surface area contributed by atoms with Crippen LogP contribution in [0.4, 0.5) is 4.39 Å². The van der Waals surface area contributed by atoms with Crippen LogP contribution in [0.5, 0.6) is 11.5 Å². The van der Waals surface area contributed by atoms with Crippen LogP contribution >= 0.6 is 24.0 Å². The molecule has 6 heteroatoms. The molecule has 0 radical (unpaired) electrons. The van der Waals surface area contributed by atoms with E-state index in [4.69, 9.17) is 21.1 Å². The third-order valence-electron chi connectivity index (χ3n) is 4.40. The predicted molar refractivity (Wildman–Crippen MR) is 118 cm³/mol. The van der Waals surface area contributed by atoms with Gasteiger partial charge >= 0.3 is 0 Å². The first-order valence-electron chi connectivity index (χ1n) is 9.14. The Hall–Kier alpha value is -2.27. The summed E-state index contributed by atoms with van der Waals surface area (Å²) in [6.45, 7) is 1.86. The highest BCUT2D eigenvalue weighted by molar-refractivity contribution is 6.30. The number of hydrogen-bond donors (Lipinski definition) is 1. The molecule has 0 bridgehead atoms. The number of nitrogens with one attached hydrogen (secondary N) is 1. The van der Waals surface area contributed by atoms with Gasteiger partial charge in [0.1, 0.15) is 12.4 Å². The van der Waals surface area contributed by atoms with Crippen molar-refractivity contribution in [1.82, 2.24) is 5.32 Å². The molecular formula is C23H24Cl2FNO2. The smallest absolute Gasteiger partial charge is 0.166 e. The van der Waals surface area contributed by atoms with Crippen molar-refractivity contribution in [2.75, 3.05) is 13.7 Å². The molecule has 3 aromatic carbocycles. The molecule has 0 saturated carbocycles. The molecule has 0 aromatic heterocycles. The second-order valence-corrected chi connectivity index (χ2v) is 6.85. The minimum absolute atomic E-state index is 0. The molecule has 154 valence electrons. The molecule has 0 unspecified atom stereocenters. The third kappa shape index (κ3) is 6.93. The number of hydrogen-bond acceptors (Lipinski definition) is 3. The second-order valence-electron chi connectivity index (χ2n) is 6.42. The largest absolute Gasteiger partial charge is 0.493 e. The molecule has 1 N–H and O–H groups in total. The zero-order valence-electron chi connectivity index (χ0n) is 16.2. The molecule has 0 aliphatic heterocycles. The SMILES string of the molecule is COc1cccc(CNCCc2ccc(F)cc2)c1OCc1ccc(Cl)cc1.Cl. The maximum Gasteiger partial charge on any atom is 0.166 e. The highest BCUT2D eigenvalue weighted by Crippen LogP contribution is 2.32. The minimum Gasteiger partial charge on any atom is -0.493 e. The van der Waals surface area contributed by atoms with Gasteiger partial charge in [0.05, 0.1) is 7.11 Å². The van der Waals surface area contributed by atoms with Crippen molar-refractivity contribution in [3.63, 3.8) is 0 Å². The fourth-order valence-corrected chi connectivity index (χ4v) is 2.99. The molecule has 0 aliphatic rings. The van der Waals surface area contributed by atoms with E-state index in [0.29, 0.717) is 23.9 Å². The summed E-state index contributed by atoms with van der Waals surface area (Å²) in [4.78, 5) is 0. The van der Waals surface area contributed by atoms with E-state index in [1.165, 1.54) is 12.1 Å². The van der Waals surface area contributed by atoms with E-state index in [-0.39, 0.29) is 18.2 Å². The Morgan fingerprint density at radius 3 is 2.31 bits per heavy atom. The molecule has 0 heterocycles. The standard InChI is InChI=1S/C23H23ClFNO2.ClH/c1-27-22-4-2-3-19(15-26-14-13-17-7-11-21(25)12-8-17)23(22)28-16-18-5-9-20(24)10-6-18;/h2-12,26H,13-16H2,1H3;1H. The fraction of sp³-hybridized carbons (Fsp3) is 0.217. The number of ether oxygens (including phenoxy) is 2. The van der Waals surface area contributed by atoms with Crippen molar-refractivity contribution < 1.29 is 13.9 Å². The Morgan fingerprint density at radius 2 is 1.62 bits per heavy atom. The number of methoxy groups -OCH3 is 1. The lowest BCUT2D eigenvalue weighted by Crippen LogP contribution is -2.17. The maximum absolute atomic E-state index is 13.0. The monoisotopic (exact) mass is 435 g/mol. The summed E-state index contributed by atoms with van der Waals surface area (Å²) < 4.78 is 24.5. The highest BCUT2D eigenvalue weighted by Gasteiger charge is 2.11. The van der Waals surface area contributed by atoms with Crippen LogP contribution in [0.25, 0.3) is 0 Å². The van der Waals surface area contributed by atoms with E-state index in [2.05, 4.69) is 5.32 Å². The normalized spacial score (nSPS) is 10.3. The van der Waals surface area contributed by atoms with Crippen molar-refractivity contribution >= 4 is 24.0 Å². The Morgan fingerprint density at radius 1 is 0.931 bits per heavy atom. The van der Waals surface area contributed by atoms with Gasteiger partial charge in [-0.1, -0.05) is 48.0 Å². The van der Waals surface area contributed by atoms with E-state index in [1.54, 1.807) is 7.11 Å². The summed E-state index contributed by atoms with van der Waals surface area (Å²) in [5.41, 5.74) is 3.15. The molecule has 29 heavy (non-hydrogen) atoms. The summed E-state index contributed by atoms with van der Waals surface area (Å²) in [6, 6.07) is 20.0. The molecule has 0 saturated heterocycles. The first-order chi connectivity index (χ1) is 13.7. The average molecular weight is 436 g/mol. The first-order valence-corrected chi connectivity index (χ1v) is 9.52. The lowest BCUT2D eigenvalue weighted by atomic mass is 10.1. The van der Waals surface area contributed by atoms with Crippen molar-refractivity contribution in [3.8, 4) is 11.5 Å². The van der Waals surface area contributed by atoms with Crippen LogP contribution < -0.4 is 14.8 Å². The topological polar surface area (TPSA) is 30.5 Å². The Bertz CT molecular complexity index is 886. The number of rotatable bonds is 9. The number of para-hydroxylation sites is 1. The van der Waals surface area contributed by atoms with Crippen LogP contribution in [0.1, 0.15) is 16.7 Å². The Kier molecular flexibility index (Phi) is 9.26. The molecule has 0 amide bonds. The van der Waals surface area contributed by atoms with Gasteiger partial charge in [-0.25, -0.2) is 4.39 Å². The molecule has 0 fully saturated rings. The quantitative estimate of drug-likeness (QED) is 0.429. The Labute approximate surface area is 182 Å². The third-order valence-corrected chi connectivity index (χ3v) is 4.65. The van der Waals surface area contributed by atoms with Gasteiger partial charge in [-0.3, -0.25) is 0 Å². The highest BCUT2D eigenvalue weighted by atomic mass is 35.5. The van der Waals surface area contributed by atoms with Crippen molar-refractivity contribution in [2.24, 2.45) is 0 Å². The number of benzene rings is 3. The summed E-state index contributed by atoms with van der Waals surface area (Å²) in [5, 5.41) is 4.12. The molecule has 0 spiro atoms. The van der Waals surface area contributed by atoms with E-state index >= 15 is 0 Å². The van der Waals surface area contributed by atoms with E-state index < -0.39 is 0 Å². The lowest BCUT2D eigenvalue weighted by molar-refractivity contribution is 0.280. The lowest BCUT2D eigenvalue weighted by Gasteiger charge is -2.16. The van der Waals surface area contributed by atoms with Crippen LogP contribution in [0.2, 0.25) is 5.02 Å². The van der Waals surface area contributed by atoms with E-state index in [0.717, 1.165) is 35.4 Å². The molecule has 3 nitrogen and oxygen atoms in total. The van der Waals surface area contributed by atoms with Gasteiger partial charge in [0.2, 0.25) is 0 Å². The van der Waals surface area contributed by atoms with Crippen LogP contribution in [-0.2, 0) is 19.6 Å². The average Bonchev–Trinajstić information content (AvgIpc) is 2.72. The second kappa shape index (κ2) is 11.7. The van der Waals surface area contributed by atoms with Crippen LogP contribution in [0.3, 0.4) is 0 Å². The molecular weight excluding hydrogens is 412 g/mol. The van der Waals surface area contributed by atoms with Crippen LogP contribution in [0, 0.1) is 5.82 Å². The van der Waals surface area contributed by atoms with Crippen molar-refractivity contribution in [2.45, 2.75) is 19.6 Å². The summed E-state index contributed by atoms with van der Waals surface area (Å²) in [7, 11) is 1.64. The van der Waals surface area contributed by atoms with Crippen LogP contribution in [-0.4, -0.2) is 13.7 Å². The first kappa shape index (κ1) is 23.0. The summed E-state index contributed by atoms with van der Waals surface area (Å²) in [6.07, 6.45) is 0.825. The van der Waals surface area contributed by atoms with Crippen molar-refractivity contribution in [3.05, 3.63) is 94.3 Å². The number of halogens is 3. The summed E-state index contributed by atoms with van der Waals surface area (Å²) in [5.74, 6) is 1.22. The zero-order chi connectivity index (χ0) is 19.8. The van der Waals surface area contributed by atoms with Gasteiger partial charge in [0.15, 0.2) is 11.5 Å². The maximum atomic E-state index is 13.0. The molecule has 0 atom stereocenters.